The molecule has 110 valence electrons. The lowest BCUT2D eigenvalue weighted by atomic mass is 10.1. The van der Waals surface area contributed by atoms with Crippen molar-refractivity contribution in [2.75, 3.05) is 13.1 Å². The summed E-state index contributed by atoms with van der Waals surface area (Å²) >= 11 is 0. The number of benzene rings is 1. The van der Waals surface area contributed by atoms with Crippen LogP contribution in [0.1, 0.15) is 37.3 Å². The van der Waals surface area contributed by atoms with Crippen LogP contribution in [0.2, 0.25) is 0 Å². The number of amides is 1. The third kappa shape index (κ3) is 3.57. The Hall–Kier alpha value is -1.42. The molecule has 1 aromatic rings. The van der Waals surface area contributed by atoms with E-state index >= 15 is 0 Å². The van der Waals surface area contributed by atoms with E-state index in [4.69, 9.17) is 0 Å². The maximum absolute atomic E-state index is 13.4. The Labute approximate surface area is 120 Å². The van der Waals surface area contributed by atoms with Gasteiger partial charge in [0.05, 0.1) is 0 Å². The van der Waals surface area contributed by atoms with E-state index in [2.05, 4.69) is 12.2 Å². The van der Waals surface area contributed by atoms with Crippen LogP contribution in [-0.4, -0.2) is 29.9 Å². The first-order valence-electron chi connectivity index (χ1n) is 7.37. The molecular weight excluding hydrogens is 255 g/mol. The van der Waals surface area contributed by atoms with Gasteiger partial charge in [-0.15, -0.1) is 0 Å². The van der Waals surface area contributed by atoms with Crippen molar-refractivity contribution < 1.29 is 9.18 Å². The minimum atomic E-state index is -0.235. The van der Waals surface area contributed by atoms with Crippen LogP contribution in [0.25, 0.3) is 0 Å². The number of hydrogen-bond acceptors (Lipinski definition) is 2. The van der Waals surface area contributed by atoms with Crippen molar-refractivity contribution in [2.24, 2.45) is 0 Å². The number of carbonyl (C=O) groups is 1. The molecule has 0 bridgehead atoms. The zero-order valence-electron chi connectivity index (χ0n) is 12.3. The number of likely N-dealkylation sites (tertiary alicyclic amines) is 1. The van der Waals surface area contributed by atoms with Gasteiger partial charge in [0, 0.05) is 19.0 Å². The number of hydrogen-bond donors (Lipinski definition) is 1. The Morgan fingerprint density at radius 2 is 2.25 bits per heavy atom. The Bertz CT molecular complexity index is 476. The van der Waals surface area contributed by atoms with Gasteiger partial charge in [0.25, 0.3) is 0 Å². The molecule has 20 heavy (non-hydrogen) atoms. The van der Waals surface area contributed by atoms with E-state index in [-0.39, 0.29) is 17.8 Å². The minimum absolute atomic E-state index is 0.190. The van der Waals surface area contributed by atoms with Crippen LogP contribution in [-0.2, 0) is 11.3 Å². The second-order valence-electron chi connectivity index (χ2n) is 5.43. The molecule has 0 aromatic heterocycles. The highest BCUT2D eigenvalue weighted by Gasteiger charge is 2.30. The van der Waals surface area contributed by atoms with E-state index in [0.29, 0.717) is 13.0 Å². The highest BCUT2D eigenvalue weighted by atomic mass is 19.1. The van der Waals surface area contributed by atoms with Gasteiger partial charge < -0.3 is 10.2 Å². The van der Waals surface area contributed by atoms with E-state index in [1.807, 2.05) is 11.8 Å². The molecule has 1 aromatic carbocycles. The first-order chi connectivity index (χ1) is 9.61. The summed E-state index contributed by atoms with van der Waals surface area (Å²) in [5.41, 5.74) is 1.95. The van der Waals surface area contributed by atoms with Crippen LogP contribution in [0.5, 0.6) is 0 Å². The zero-order chi connectivity index (χ0) is 14.5. The van der Waals surface area contributed by atoms with Crippen LogP contribution in [0.15, 0.2) is 18.2 Å². The van der Waals surface area contributed by atoms with E-state index in [0.717, 1.165) is 37.1 Å². The fourth-order valence-electron chi connectivity index (χ4n) is 2.75. The molecule has 2 rings (SSSR count). The van der Waals surface area contributed by atoms with Crippen molar-refractivity contribution >= 4 is 5.91 Å². The lowest BCUT2D eigenvalue weighted by Crippen LogP contribution is -2.34. The van der Waals surface area contributed by atoms with Crippen molar-refractivity contribution in [3.63, 3.8) is 0 Å². The summed E-state index contributed by atoms with van der Waals surface area (Å²) in [6.45, 7) is 6.44. The average molecular weight is 278 g/mol. The van der Waals surface area contributed by atoms with E-state index in [9.17, 15) is 9.18 Å². The highest BCUT2D eigenvalue weighted by molar-refractivity contribution is 5.78. The van der Waals surface area contributed by atoms with Crippen LogP contribution in [0, 0.1) is 12.7 Å². The van der Waals surface area contributed by atoms with Gasteiger partial charge in [0.1, 0.15) is 5.82 Å². The summed E-state index contributed by atoms with van der Waals surface area (Å²) in [6.07, 6.45) is 2.50. The molecule has 1 fully saturated rings. The molecule has 0 aliphatic carbocycles. The van der Waals surface area contributed by atoms with E-state index < -0.39 is 0 Å². The van der Waals surface area contributed by atoms with Crippen LogP contribution >= 0.6 is 0 Å². The van der Waals surface area contributed by atoms with E-state index in [1.54, 1.807) is 12.1 Å². The smallest absolute Gasteiger partial charge is 0.223 e. The third-order valence-corrected chi connectivity index (χ3v) is 4.01. The van der Waals surface area contributed by atoms with Crippen molar-refractivity contribution in [1.29, 1.82) is 0 Å². The highest BCUT2D eigenvalue weighted by Crippen LogP contribution is 2.24. The first kappa shape index (κ1) is 15.0. The molecular formula is C16H23FN2O. The standard InChI is InChI=1S/C16H23FN2O/c1-3-18-9-8-15-6-7-16(20)19(15)11-13-10-14(17)5-4-12(13)2/h4-5,10,15,18H,3,6-9,11H2,1-2H3. The molecule has 1 aliphatic rings. The quantitative estimate of drug-likeness (QED) is 0.811. The molecule has 0 spiro atoms. The lowest BCUT2D eigenvalue weighted by molar-refractivity contribution is -0.129. The summed E-state index contributed by atoms with van der Waals surface area (Å²) in [6, 6.07) is 5.07. The van der Waals surface area contributed by atoms with Gasteiger partial charge in [-0.05, 0) is 56.1 Å². The molecule has 0 saturated carbocycles. The second-order valence-corrected chi connectivity index (χ2v) is 5.43. The van der Waals surface area contributed by atoms with Gasteiger partial charge in [0.2, 0.25) is 5.91 Å². The van der Waals surface area contributed by atoms with Gasteiger partial charge in [-0.2, -0.15) is 0 Å². The monoisotopic (exact) mass is 278 g/mol. The summed E-state index contributed by atoms with van der Waals surface area (Å²) in [5, 5.41) is 3.30. The Kier molecular flexibility index (Phi) is 5.12. The number of carbonyl (C=O) groups excluding carboxylic acids is 1. The van der Waals surface area contributed by atoms with Gasteiger partial charge >= 0.3 is 0 Å². The van der Waals surface area contributed by atoms with E-state index in [1.165, 1.54) is 6.07 Å². The predicted octanol–water partition coefficient (Wildman–Crippen LogP) is 2.62. The summed E-state index contributed by atoms with van der Waals surface area (Å²) in [4.78, 5) is 13.9. The summed E-state index contributed by atoms with van der Waals surface area (Å²) in [5.74, 6) is -0.0448. The van der Waals surface area contributed by atoms with Crippen LogP contribution in [0.4, 0.5) is 4.39 Å². The van der Waals surface area contributed by atoms with Gasteiger partial charge in [0.15, 0.2) is 0 Å². The number of halogens is 1. The zero-order valence-corrected chi connectivity index (χ0v) is 12.3. The molecule has 1 amide bonds. The van der Waals surface area contributed by atoms with Crippen LogP contribution in [0.3, 0.4) is 0 Å². The number of aryl methyl sites for hydroxylation is 1. The van der Waals surface area contributed by atoms with Crippen molar-refractivity contribution in [3.05, 3.63) is 35.1 Å². The Morgan fingerprint density at radius 3 is 3.00 bits per heavy atom. The van der Waals surface area contributed by atoms with Crippen molar-refractivity contribution in [2.45, 2.75) is 45.7 Å². The largest absolute Gasteiger partial charge is 0.335 e. The molecule has 1 atom stereocenters. The molecule has 4 heteroatoms. The third-order valence-electron chi connectivity index (χ3n) is 4.01. The average Bonchev–Trinajstić information content (AvgIpc) is 2.76. The van der Waals surface area contributed by atoms with Gasteiger partial charge in [-0.25, -0.2) is 4.39 Å². The number of nitrogens with zero attached hydrogens (tertiary/aromatic N) is 1. The number of rotatable bonds is 6. The molecule has 1 heterocycles. The Morgan fingerprint density at radius 1 is 1.45 bits per heavy atom. The van der Waals surface area contributed by atoms with Gasteiger partial charge in [-0.3, -0.25) is 4.79 Å². The molecule has 1 unspecified atom stereocenters. The van der Waals surface area contributed by atoms with Crippen LogP contribution < -0.4 is 5.32 Å². The SMILES string of the molecule is CCNCCC1CCC(=O)N1Cc1cc(F)ccc1C. The Balaban J connectivity index is 2.04. The summed E-state index contributed by atoms with van der Waals surface area (Å²) < 4.78 is 13.4. The minimum Gasteiger partial charge on any atom is -0.335 e. The first-order valence-corrected chi connectivity index (χ1v) is 7.37. The molecule has 3 nitrogen and oxygen atoms in total. The predicted molar refractivity (Wildman–Crippen MR) is 77.9 cm³/mol. The fraction of sp³-hybridized carbons (Fsp3) is 0.562. The normalized spacial score (nSPS) is 18.9. The summed E-state index contributed by atoms with van der Waals surface area (Å²) in [7, 11) is 0. The second kappa shape index (κ2) is 6.84. The lowest BCUT2D eigenvalue weighted by Gasteiger charge is -2.26. The maximum atomic E-state index is 13.4. The van der Waals surface area contributed by atoms with Crippen molar-refractivity contribution in [3.8, 4) is 0 Å². The van der Waals surface area contributed by atoms with Crippen molar-refractivity contribution in [1.82, 2.24) is 10.2 Å². The molecule has 1 aliphatic heterocycles. The van der Waals surface area contributed by atoms with Gasteiger partial charge in [-0.1, -0.05) is 13.0 Å². The fourth-order valence-corrected chi connectivity index (χ4v) is 2.75. The molecule has 1 saturated heterocycles. The topological polar surface area (TPSA) is 32.3 Å². The molecule has 1 N–H and O–H groups in total. The molecule has 0 radical (unpaired) electrons. The number of nitrogens with one attached hydrogen (secondary N) is 1. The maximum Gasteiger partial charge on any atom is 0.223 e.